The first-order chi connectivity index (χ1) is 11.7. The van der Waals surface area contributed by atoms with Gasteiger partial charge in [0.05, 0.1) is 23.3 Å². The summed E-state index contributed by atoms with van der Waals surface area (Å²) in [6.45, 7) is 3.98. The number of benzene rings is 1. The molecule has 1 amide bonds. The lowest BCUT2D eigenvalue weighted by molar-refractivity contribution is -0.122. The van der Waals surface area contributed by atoms with Crippen LogP contribution in [-0.4, -0.2) is 47.0 Å². The van der Waals surface area contributed by atoms with E-state index in [1.165, 1.54) is 18.4 Å². The number of carbonyl (C=O) groups is 1. The van der Waals surface area contributed by atoms with Crippen LogP contribution in [0.2, 0.25) is 0 Å². The van der Waals surface area contributed by atoms with Crippen LogP contribution in [0.5, 0.6) is 0 Å². The molecule has 1 aromatic carbocycles. The van der Waals surface area contributed by atoms with E-state index >= 15 is 0 Å². The van der Waals surface area contributed by atoms with Crippen LogP contribution in [0, 0.1) is 11.3 Å². The Kier molecular flexibility index (Phi) is 4.03. The van der Waals surface area contributed by atoms with E-state index in [1.54, 1.807) is 0 Å². The van der Waals surface area contributed by atoms with Crippen LogP contribution in [0.3, 0.4) is 0 Å². The van der Waals surface area contributed by atoms with Crippen molar-refractivity contribution in [1.29, 1.82) is 5.26 Å². The molecule has 1 aromatic rings. The highest BCUT2D eigenvalue weighted by atomic mass is 16.2. The van der Waals surface area contributed by atoms with Gasteiger partial charge in [0, 0.05) is 26.2 Å². The molecule has 1 spiro atoms. The number of hydrogen-bond acceptors (Lipinski definition) is 4. The van der Waals surface area contributed by atoms with Crippen LogP contribution in [0.25, 0.3) is 0 Å². The van der Waals surface area contributed by atoms with Crippen molar-refractivity contribution in [3.8, 4) is 6.07 Å². The van der Waals surface area contributed by atoms with Crippen molar-refractivity contribution >= 4 is 5.91 Å². The zero-order valence-corrected chi connectivity index (χ0v) is 14.0. The molecule has 4 rings (SSSR count). The molecule has 5 nitrogen and oxygen atoms in total. The number of hydrogen-bond donors (Lipinski definition) is 1. The maximum Gasteiger partial charge on any atom is 0.238 e. The highest BCUT2D eigenvalue weighted by Gasteiger charge is 2.52. The van der Waals surface area contributed by atoms with E-state index in [4.69, 9.17) is 5.26 Å². The first kappa shape index (κ1) is 15.6. The van der Waals surface area contributed by atoms with Crippen molar-refractivity contribution in [2.45, 2.75) is 50.4 Å². The first-order valence-electron chi connectivity index (χ1n) is 9.00. The summed E-state index contributed by atoms with van der Waals surface area (Å²) in [4.78, 5) is 17.2. The van der Waals surface area contributed by atoms with Crippen LogP contribution in [0.15, 0.2) is 24.3 Å². The largest absolute Gasteiger partial charge is 0.336 e. The van der Waals surface area contributed by atoms with Gasteiger partial charge in [-0.05, 0) is 43.4 Å². The molecule has 5 heteroatoms. The Morgan fingerprint density at radius 3 is 2.62 bits per heavy atom. The fourth-order valence-electron chi connectivity index (χ4n) is 4.54. The molecule has 126 valence electrons. The van der Waals surface area contributed by atoms with Crippen LogP contribution < -0.4 is 5.32 Å². The van der Waals surface area contributed by atoms with E-state index in [2.05, 4.69) is 21.2 Å². The third kappa shape index (κ3) is 2.70. The molecule has 0 unspecified atom stereocenters. The summed E-state index contributed by atoms with van der Waals surface area (Å²) < 4.78 is 0. The van der Waals surface area contributed by atoms with Gasteiger partial charge in [-0.3, -0.25) is 14.6 Å². The number of nitrogens with zero attached hydrogens (tertiary/aromatic N) is 3. The van der Waals surface area contributed by atoms with Gasteiger partial charge in [-0.25, -0.2) is 0 Å². The van der Waals surface area contributed by atoms with Crippen molar-refractivity contribution in [1.82, 2.24) is 15.1 Å². The molecule has 3 fully saturated rings. The molecule has 3 aliphatic heterocycles. The molecule has 0 aromatic heterocycles. The Hall–Kier alpha value is -1.90. The summed E-state index contributed by atoms with van der Waals surface area (Å²) in [6, 6.07) is 10.1. The third-order valence-electron chi connectivity index (χ3n) is 5.88. The van der Waals surface area contributed by atoms with Gasteiger partial charge in [-0.15, -0.1) is 0 Å². The minimum absolute atomic E-state index is 0.0939. The smallest absolute Gasteiger partial charge is 0.238 e. The SMILES string of the molecule is N#Cc1ccc(CN2CCC3(CC2)NC(=O)[C@H]2CCCCN23)cc1. The van der Waals surface area contributed by atoms with Gasteiger partial charge in [-0.2, -0.15) is 5.26 Å². The maximum absolute atomic E-state index is 12.3. The number of piperidine rings is 2. The number of fused-ring (bicyclic) bond motifs is 2. The van der Waals surface area contributed by atoms with Crippen molar-refractivity contribution < 1.29 is 4.79 Å². The number of nitrogens with one attached hydrogen (secondary N) is 1. The Bertz CT molecular complexity index is 655. The monoisotopic (exact) mass is 324 g/mol. The molecule has 0 bridgehead atoms. The summed E-state index contributed by atoms with van der Waals surface area (Å²) in [5, 5.41) is 12.2. The predicted octanol–water partition coefficient (Wildman–Crippen LogP) is 1.83. The van der Waals surface area contributed by atoms with E-state index in [1.807, 2.05) is 24.3 Å². The Morgan fingerprint density at radius 1 is 1.17 bits per heavy atom. The average Bonchev–Trinajstić information content (AvgIpc) is 2.90. The fraction of sp³-hybridized carbons (Fsp3) is 0.579. The van der Waals surface area contributed by atoms with E-state index in [9.17, 15) is 4.79 Å². The maximum atomic E-state index is 12.3. The van der Waals surface area contributed by atoms with Crippen LogP contribution >= 0.6 is 0 Å². The zero-order chi connectivity index (χ0) is 16.6. The molecule has 1 N–H and O–H groups in total. The van der Waals surface area contributed by atoms with Crippen LogP contribution in [-0.2, 0) is 11.3 Å². The van der Waals surface area contributed by atoms with Gasteiger partial charge in [0.25, 0.3) is 0 Å². The Labute approximate surface area is 143 Å². The fourth-order valence-corrected chi connectivity index (χ4v) is 4.54. The van der Waals surface area contributed by atoms with Gasteiger partial charge < -0.3 is 5.32 Å². The highest BCUT2D eigenvalue weighted by molar-refractivity contribution is 5.85. The molecular weight excluding hydrogens is 300 g/mol. The predicted molar refractivity (Wildman–Crippen MR) is 90.9 cm³/mol. The number of likely N-dealkylation sites (tertiary alicyclic amines) is 1. The molecule has 1 atom stereocenters. The average molecular weight is 324 g/mol. The van der Waals surface area contributed by atoms with Gasteiger partial charge in [0.15, 0.2) is 0 Å². The quantitative estimate of drug-likeness (QED) is 0.902. The Balaban J connectivity index is 1.39. The molecule has 0 radical (unpaired) electrons. The summed E-state index contributed by atoms with van der Waals surface area (Å²) in [7, 11) is 0. The summed E-state index contributed by atoms with van der Waals surface area (Å²) >= 11 is 0. The van der Waals surface area contributed by atoms with Crippen molar-refractivity contribution in [2.24, 2.45) is 0 Å². The topological polar surface area (TPSA) is 59.4 Å². The lowest BCUT2D eigenvalue weighted by Gasteiger charge is -2.46. The molecular formula is C19H24N4O. The standard InChI is InChI=1S/C19H24N4O/c20-13-15-4-6-16(7-5-15)14-22-11-8-19(9-12-22)21-18(24)17-3-1-2-10-23(17)19/h4-7,17H,1-3,8-12,14H2,(H,21,24)/t17-/m1/s1. The van der Waals surface area contributed by atoms with E-state index < -0.39 is 0 Å². The zero-order valence-electron chi connectivity index (χ0n) is 14.0. The van der Waals surface area contributed by atoms with Gasteiger partial charge in [0.1, 0.15) is 0 Å². The molecule has 0 aliphatic carbocycles. The number of amides is 1. The Morgan fingerprint density at radius 2 is 1.92 bits per heavy atom. The lowest BCUT2D eigenvalue weighted by Crippen LogP contribution is -2.59. The molecule has 3 heterocycles. The molecule has 3 aliphatic rings. The highest BCUT2D eigenvalue weighted by Crippen LogP contribution is 2.37. The van der Waals surface area contributed by atoms with E-state index in [0.717, 1.165) is 45.4 Å². The molecule has 3 saturated heterocycles. The summed E-state index contributed by atoms with van der Waals surface area (Å²) in [5.74, 6) is 0.246. The second-order valence-electron chi connectivity index (χ2n) is 7.31. The van der Waals surface area contributed by atoms with Gasteiger partial charge >= 0.3 is 0 Å². The number of carbonyl (C=O) groups excluding carboxylic acids is 1. The van der Waals surface area contributed by atoms with Gasteiger partial charge in [-0.1, -0.05) is 18.6 Å². The second kappa shape index (κ2) is 6.19. The van der Waals surface area contributed by atoms with Crippen molar-refractivity contribution in [2.75, 3.05) is 19.6 Å². The molecule has 0 saturated carbocycles. The molecule has 24 heavy (non-hydrogen) atoms. The van der Waals surface area contributed by atoms with E-state index in [-0.39, 0.29) is 17.6 Å². The summed E-state index contributed by atoms with van der Waals surface area (Å²) in [5.41, 5.74) is 1.86. The second-order valence-corrected chi connectivity index (χ2v) is 7.31. The number of rotatable bonds is 2. The minimum Gasteiger partial charge on any atom is -0.336 e. The summed E-state index contributed by atoms with van der Waals surface area (Å²) in [6.07, 6.45) is 5.41. The lowest BCUT2D eigenvalue weighted by atomic mass is 9.92. The van der Waals surface area contributed by atoms with Crippen LogP contribution in [0.1, 0.15) is 43.2 Å². The minimum atomic E-state index is -0.0939. The third-order valence-corrected chi connectivity index (χ3v) is 5.88. The number of nitriles is 1. The van der Waals surface area contributed by atoms with E-state index in [0.29, 0.717) is 5.56 Å². The van der Waals surface area contributed by atoms with Gasteiger partial charge in [0.2, 0.25) is 5.91 Å². The van der Waals surface area contributed by atoms with Crippen LogP contribution in [0.4, 0.5) is 0 Å². The van der Waals surface area contributed by atoms with Crippen molar-refractivity contribution in [3.05, 3.63) is 35.4 Å². The first-order valence-corrected chi connectivity index (χ1v) is 9.00. The normalized spacial score (nSPS) is 26.8. The van der Waals surface area contributed by atoms with Crippen molar-refractivity contribution in [3.63, 3.8) is 0 Å².